The molecule has 2 rings (SSSR count). The van der Waals surface area contributed by atoms with E-state index in [-0.39, 0.29) is 20.4 Å². The van der Waals surface area contributed by atoms with Crippen molar-refractivity contribution in [3.8, 4) is 0 Å². The van der Waals surface area contributed by atoms with Crippen LogP contribution in [0.3, 0.4) is 0 Å². The first-order chi connectivity index (χ1) is 4.86. The van der Waals surface area contributed by atoms with Crippen molar-refractivity contribution in [3.05, 3.63) is 32.8 Å². The first-order valence-electron chi connectivity index (χ1n) is 2.99. The number of fused-ring (bicyclic) bond motifs is 1. The molecule has 0 aliphatic rings. The van der Waals surface area contributed by atoms with Gasteiger partial charge in [-0.05, 0) is 0 Å². The van der Waals surface area contributed by atoms with Gasteiger partial charge >= 0.3 is 78.0 Å². The third-order valence-electron chi connectivity index (χ3n) is 1.41. The van der Waals surface area contributed by atoms with Crippen molar-refractivity contribution in [1.29, 1.82) is 0 Å². The Bertz CT molecular complexity index is 351. The molecule has 10 heavy (non-hydrogen) atoms. The van der Waals surface area contributed by atoms with Crippen molar-refractivity contribution >= 4 is 45.1 Å². The summed E-state index contributed by atoms with van der Waals surface area (Å²) in [5.41, 5.74) is 0. The second-order valence-electron chi connectivity index (χ2n) is 2.10. The van der Waals surface area contributed by atoms with E-state index in [0.717, 1.165) is 0 Å². The maximum absolute atomic E-state index is 3.45. The van der Waals surface area contributed by atoms with Crippen LogP contribution >= 0.6 is 15.9 Å². The van der Waals surface area contributed by atoms with Gasteiger partial charge in [0.25, 0.3) is 0 Å². The Kier molecular flexibility index (Phi) is 1.86. The molecular weight excluding hydrogens is 304 g/mol. The Morgan fingerprint density at radius 1 is 1.20 bits per heavy atom. The molecule has 0 saturated carbocycles. The summed E-state index contributed by atoms with van der Waals surface area (Å²) in [5.74, 6) is 0. The number of benzene rings is 1. The van der Waals surface area contributed by atoms with Gasteiger partial charge in [-0.25, -0.2) is 0 Å². The fourth-order valence-electron chi connectivity index (χ4n) is 0.938. The van der Waals surface area contributed by atoms with Crippen LogP contribution in [0.15, 0.2) is 32.8 Å². The van der Waals surface area contributed by atoms with Crippen LogP contribution in [-0.2, 0) is 0 Å². The number of hydrogen-bond donors (Lipinski definition) is 0. The Morgan fingerprint density at radius 2 is 2.10 bits per heavy atom. The molecule has 0 atom stereocenters. The van der Waals surface area contributed by atoms with Crippen molar-refractivity contribution in [2.75, 3.05) is 0 Å². The van der Waals surface area contributed by atoms with Gasteiger partial charge in [0.15, 0.2) is 0 Å². The van der Waals surface area contributed by atoms with Gasteiger partial charge in [0, 0.05) is 0 Å². The van der Waals surface area contributed by atoms with E-state index in [1.807, 2.05) is 0 Å². The summed E-state index contributed by atoms with van der Waals surface area (Å²) in [5, 5.41) is 1.41. The normalized spacial score (nSPS) is 10.5. The van der Waals surface area contributed by atoms with Crippen molar-refractivity contribution in [3.63, 3.8) is 0 Å². The minimum atomic E-state index is 0.0462. The Labute approximate surface area is 77.6 Å². The molecule has 0 radical (unpaired) electrons. The zero-order chi connectivity index (χ0) is 6.97. The molecule has 0 nitrogen and oxygen atoms in total. The molecule has 0 amide bonds. The minimum absolute atomic E-state index is 0.0462. The van der Waals surface area contributed by atoms with Crippen LogP contribution < -0.4 is 0 Å². The van der Waals surface area contributed by atoms with E-state index in [9.17, 15) is 0 Å². The van der Waals surface area contributed by atoms with Crippen LogP contribution in [0.1, 0.15) is 0 Å². The van der Waals surface area contributed by atoms with Gasteiger partial charge in [-0.1, -0.05) is 0 Å². The van der Waals surface area contributed by atoms with Crippen LogP contribution in [0.2, 0.25) is 0 Å². The van der Waals surface area contributed by atoms with Crippen molar-refractivity contribution < 1.29 is 0 Å². The van der Waals surface area contributed by atoms with Crippen LogP contribution in [0.5, 0.6) is 0 Å². The molecule has 1 heterocycles. The van der Waals surface area contributed by atoms with E-state index in [0.29, 0.717) is 0 Å². The molecule has 1 aromatic carbocycles. The Hall–Kier alpha value is 0.230. The second-order valence-corrected chi connectivity index (χ2v) is 5.72. The van der Waals surface area contributed by atoms with E-state index in [4.69, 9.17) is 0 Å². The van der Waals surface area contributed by atoms with Crippen molar-refractivity contribution in [2.24, 2.45) is 0 Å². The summed E-state index contributed by atoms with van der Waals surface area (Å²) in [6.45, 7) is 0. The number of rotatable bonds is 0. The summed E-state index contributed by atoms with van der Waals surface area (Å²) in [4.78, 5) is 0. The SMILES string of the molecule is Brc1ccc2[te]ccc2c1. The zero-order valence-corrected chi connectivity index (χ0v) is 9.09. The van der Waals surface area contributed by atoms with Gasteiger partial charge in [-0.15, -0.1) is 0 Å². The first-order valence-corrected chi connectivity index (χ1v) is 6.29. The summed E-state index contributed by atoms with van der Waals surface area (Å²) in [6.07, 6.45) is 0. The van der Waals surface area contributed by atoms with Crippen molar-refractivity contribution in [1.82, 2.24) is 0 Å². The first kappa shape index (κ1) is 6.91. The molecule has 0 bridgehead atoms. The molecule has 0 spiro atoms. The summed E-state index contributed by atoms with van der Waals surface area (Å²) < 4.78 is 5.07. The molecule has 0 saturated heterocycles. The number of halogens is 1. The fourth-order valence-corrected chi connectivity index (χ4v) is 3.52. The van der Waals surface area contributed by atoms with E-state index < -0.39 is 0 Å². The Morgan fingerprint density at radius 3 is 3.00 bits per heavy atom. The molecular formula is C8H5BrTe. The van der Waals surface area contributed by atoms with Crippen molar-refractivity contribution in [2.45, 2.75) is 0 Å². The van der Waals surface area contributed by atoms with Gasteiger partial charge in [0.05, 0.1) is 0 Å². The summed E-state index contributed by atoms with van der Waals surface area (Å²) >= 11 is 3.49. The van der Waals surface area contributed by atoms with Gasteiger partial charge < -0.3 is 0 Å². The predicted octanol–water partition coefficient (Wildman–Crippen LogP) is 2.66. The third-order valence-corrected chi connectivity index (χ3v) is 4.47. The maximum atomic E-state index is 3.45. The average molecular weight is 309 g/mol. The monoisotopic (exact) mass is 310 g/mol. The van der Waals surface area contributed by atoms with E-state index in [1.165, 1.54) is 9.86 Å². The topological polar surface area (TPSA) is 0 Å². The standard InChI is InChI=1S/C8H5BrTe/c9-7-1-2-8-6(5-7)3-4-10-8/h1-5H. The quantitative estimate of drug-likeness (QED) is 0.657. The summed E-state index contributed by atoms with van der Waals surface area (Å²) in [6, 6.07) is 8.75. The van der Waals surface area contributed by atoms with Gasteiger partial charge in [0.1, 0.15) is 0 Å². The Balaban J connectivity index is 2.86. The molecule has 2 heteroatoms. The van der Waals surface area contributed by atoms with Gasteiger partial charge in [0.2, 0.25) is 0 Å². The molecule has 0 fully saturated rings. The zero-order valence-electron chi connectivity index (χ0n) is 5.17. The van der Waals surface area contributed by atoms with Gasteiger partial charge in [-0.2, -0.15) is 0 Å². The predicted molar refractivity (Wildman–Crippen MR) is 48.6 cm³/mol. The molecule has 0 aliphatic carbocycles. The van der Waals surface area contributed by atoms with E-state index in [2.05, 4.69) is 44.3 Å². The fraction of sp³-hybridized carbons (Fsp3) is 0. The molecule has 1 aromatic heterocycles. The van der Waals surface area contributed by atoms with Crippen LogP contribution in [0.4, 0.5) is 0 Å². The van der Waals surface area contributed by atoms with Crippen LogP contribution in [-0.4, -0.2) is 20.4 Å². The molecule has 0 unspecified atom stereocenters. The molecule has 2 aromatic rings. The number of hydrogen-bond acceptors (Lipinski definition) is 0. The van der Waals surface area contributed by atoms with E-state index >= 15 is 0 Å². The van der Waals surface area contributed by atoms with Gasteiger partial charge in [-0.3, -0.25) is 0 Å². The van der Waals surface area contributed by atoms with Crippen LogP contribution in [0, 0.1) is 0 Å². The molecule has 0 aliphatic heterocycles. The molecule has 50 valence electrons. The third kappa shape index (κ3) is 1.16. The molecule has 0 N–H and O–H groups in total. The van der Waals surface area contributed by atoms with E-state index in [1.54, 1.807) is 3.40 Å². The van der Waals surface area contributed by atoms with Crippen LogP contribution in [0.25, 0.3) is 8.79 Å². The summed E-state index contributed by atoms with van der Waals surface area (Å²) in [7, 11) is 0. The average Bonchev–Trinajstić information content (AvgIpc) is 2.33. The second kappa shape index (κ2) is 2.70.